The Balaban J connectivity index is 1.83. The summed E-state index contributed by atoms with van der Waals surface area (Å²) in [6, 6.07) is 4.48. The molecule has 1 atom stereocenters. The van der Waals surface area contributed by atoms with E-state index in [9.17, 15) is 5.11 Å². The molecule has 1 unspecified atom stereocenters. The fourth-order valence-corrected chi connectivity index (χ4v) is 2.97. The maximum Gasteiger partial charge on any atom is 0.0869 e. The smallest absolute Gasteiger partial charge is 0.0869 e. The maximum atomic E-state index is 10.6. The quantitative estimate of drug-likeness (QED) is 0.841. The van der Waals surface area contributed by atoms with Crippen LogP contribution in [0.1, 0.15) is 29.2 Å². The van der Waals surface area contributed by atoms with E-state index in [2.05, 4.69) is 43.1 Å². The number of aryl methyl sites for hydroxylation is 3. The number of rotatable bonds is 6. The van der Waals surface area contributed by atoms with E-state index in [1.54, 1.807) is 0 Å². The zero-order valence-electron chi connectivity index (χ0n) is 14.4. The van der Waals surface area contributed by atoms with Crippen molar-refractivity contribution in [3.05, 3.63) is 34.4 Å². The van der Waals surface area contributed by atoms with Gasteiger partial charge in [-0.1, -0.05) is 12.1 Å². The van der Waals surface area contributed by atoms with Crippen molar-refractivity contribution in [1.82, 2.24) is 10.2 Å². The van der Waals surface area contributed by atoms with Crippen LogP contribution in [0.25, 0.3) is 0 Å². The highest BCUT2D eigenvalue weighted by Gasteiger charge is 2.24. The van der Waals surface area contributed by atoms with Gasteiger partial charge in [-0.2, -0.15) is 0 Å². The Morgan fingerprint density at radius 2 is 1.77 bits per heavy atom. The SMILES string of the molecule is Cc1cc(C)c(CNCC(C)(O)CN2CCOCC2)cc1C. The molecule has 0 amide bonds. The number of hydrogen-bond donors (Lipinski definition) is 2. The first-order valence-electron chi connectivity index (χ1n) is 8.17. The number of benzene rings is 1. The Labute approximate surface area is 134 Å². The van der Waals surface area contributed by atoms with Crippen LogP contribution in [0, 0.1) is 20.8 Å². The predicted octanol–water partition coefficient (Wildman–Crippen LogP) is 1.78. The van der Waals surface area contributed by atoms with E-state index < -0.39 is 5.60 Å². The summed E-state index contributed by atoms with van der Waals surface area (Å²) >= 11 is 0. The molecule has 1 heterocycles. The molecule has 0 saturated carbocycles. The van der Waals surface area contributed by atoms with Crippen molar-refractivity contribution >= 4 is 0 Å². The van der Waals surface area contributed by atoms with Crippen LogP contribution < -0.4 is 5.32 Å². The fraction of sp³-hybridized carbons (Fsp3) is 0.667. The van der Waals surface area contributed by atoms with Gasteiger partial charge >= 0.3 is 0 Å². The van der Waals surface area contributed by atoms with Gasteiger partial charge in [0.15, 0.2) is 0 Å². The summed E-state index contributed by atoms with van der Waals surface area (Å²) in [5.41, 5.74) is 4.56. The van der Waals surface area contributed by atoms with Gasteiger partial charge in [0, 0.05) is 32.7 Å². The fourth-order valence-electron chi connectivity index (χ4n) is 2.97. The topological polar surface area (TPSA) is 44.7 Å². The van der Waals surface area contributed by atoms with Crippen molar-refractivity contribution < 1.29 is 9.84 Å². The van der Waals surface area contributed by atoms with E-state index in [1.165, 1.54) is 22.3 Å². The zero-order chi connectivity index (χ0) is 16.2. The highest BCUT2D eigenvalue weighted by molar-refractivity contribution is 5.36. The normalized spacial score (nSPS) is 19.1. The van der Waals surface area contributed by atoms with Crippen molar-refractivity contribution in [2.24, 2.45) is 0 Å². The Hall–Kier alpha value is -0.940. The average molecular weight is 306 g/mol. The molecule has 0 spiro atoms. The predicted molar refractivity (Wildman–Crippen MR) is 90.2 cm³/mol. The van der Waals surface area contributed by atoms with Crippen molar-refractivity contribution in [1.29, 1.82) is 0 Å². The molecule has 0 radical (unpaired) electrons. The number of aliphatic hydroxyl groups is 1. The second-order valence-electron chi connectivity index (χ2n) is 6.85. The molecule has 0 bridgehead atoms. The van der Waals surface area contributed by atoms with Gasteiger partial charge in [0.2, 0.25) is 0 Å². The van der Waals surface area contributed by atoms with Crippen LogP contribution in [-0.2, 0) is 11.3 Å². The molecule has 1 aliphatic rings. The average Bonchev–Trinajstić information content (AvgIpc) is 2.45. The van der Waals surface area contributed by atoms with Crippen LogP contribution in [0.3, 0.4) is 0 Å². The summed E-state index contributed by atoms with van der Waals surface area (Å²) in [4.78, 5) is 2.27. The standard InChI is InChI=1S/C18H30N2O2/c1-14-9-16(3)17(10-15(14)2)11-19-12-18(4,21)13-20-5-7-22-8-6-20/h9-10,19,21H,5-8,11-13H2,1-4H3. The summed E-state index contributed by atoms with van der Waals surface area (Å²) in [6.07, 6.45) is 0. The lowest BCUT2D eigenvalue weighted by Crippen LogP contribution is -2.50. The van der Waals surface area contributed by atoms with Gasteiger partial charge in [-0.25, -0.2) is 0 Å². The minimum atomic E-state index is -0.717. The Morgan fingerprint density at radius 1 is 1.14 bits per heavy atom. The number of nitrogens with zero attached hydrogens (tertiary/aromatic N) is 1. The first-order chi connectivity index (χ1) is 10.4. The summed E-state index contributed by atoms with van der Waals surface area (Å²) in [5, 5.41) is 14.0. The Kier molecular flexibility index (Phi) is 5.98. The Bertz CT molecular complexity index is 494. The van der Waals surface area contributed by atoms with Crippen molar-refractivity contribution in [2.45, 2.75) is 39.8 Å². The van der Waals surface area contributed by atoms with Gasteiger partial charge in [0.1, 0.15) is 0 Å². The molecule has 2 rings (SSSR count). The van der Waals surface area contributed by atoms with E-state index in [-0.39, 0.29) is 0 Å². The molecule has 1 aromatic rings. The molecular weight excluding hydrogens is 276 g/mol. The number of β-amino-alcohol motifs (C(OH)–C–C–N with tert-alkyl or cyclic N) is 1. The monoisotopic (exact) mass is 306 g/mol. The molecular formula is C18H30N2O2. The number of nitrogens with one attached hydrogen (secondary N) is 1. The first kappa shape index (κ1) is 17.4. The van der Waals surface area contributed by atoms with E-state index in [0.29, 0.717) is 13.1 Å². The lowest BCUT2D eigenvalue weighted by atomic mass is 10.0. The van der Waals surface area contributed by atoms with Crippen LogP contribution in [0.15, 0.2) is 12.1 Å². The van der Waals surface area contributed by atoms with E-state index in [4.69, 9.17) is 4.74 Å². The molecule has 1 aliphatic heterocycles. The second-order valence-corrected chi connectivity index (χ2v) is 6.85. The molecule has 1 aromatic carbocycles. The molecule has 0 aliphatic carbocycles. The summed E-state index contributed by atoms with van der Waals surface area (Å²) in [5.74, 6) is 0. The minimum Gasteiger partial charge on any atom is -0.388 e. The Morgan fingerprint density at radius 3 is 2.45 bits per heavy atom. The molecule has 1 saturated heterocycles. The van der Waals surface area contributed by atoms with Crippen molar-refractivity contribution in [3.8, 4) is 0 Å². The highest BCUT2D eigenvalue weighted by Crippen LogP contribution is 2.15. The summed E-state index contributed by atoms with van der Waals surface area (Å²) in [7, 11) is 0. The van der Waals surface area contributed by atoms with Crippen LogP contribution in [0.4, 0.5) is 0 Å². The summed E-state index contributed by atoms with van der Waals surface area (Å²) in [6.45, 7) is 13.8. The summed E-state index contributed by atoms with van der Waals surface area (Å²) < 4.78 is 5.35. The first-order valence-corrected chi connectivity index (χ1v) is 8.17. The number of ether oxygens (including phenoxy) is 1. The van der Waals surface area contributed by atoms with Gasteiger partial charge in [0.05, 0.1) is 18.8 Å². The molecule has 0 aromatic heterocycles. The van der Waals surface area contributed by atoms with E-state index in [0.717, 1.165) is 32.8 Å². The third-order valence-corrected chi connectivity index (χ3v) is 4.44. The second kappa shape index (κ2) is 7.55. The van der Waals surface area contributed by atoms with Crippen LogP contribution >= 0.6 is 0 Å². The van der Waals surface area contributed by atoms with Gasteiger partial charge in [0.25, 0.3) is 0 Å². The van der Waals surface area contributed by atoms with Crippen LogP contribution in [0.5, 0.6) is 0 Å². The largest absolute Gasteiger partial charge is 0.388 e. The van der Waals surface area contributed by atoms with Crippen LogP contribution in [0.2, 0.25) is 0 Å². The van der Waals surface area contributed by atoms with Gasteiger partial charge < -0.3 is 15.2 Å². The lowest BCUT2D eigenvalue weighted by Gasteiger charge is -2.34. The van der Waals surface area contributed by atoms with Crippen LogP contribution in [-0.4, -0.2) is 55.0 Å². The lowest BCUT2D eigenvalue weighted by molar-refractivity contribution is -0.0219. The van der Waals surface area contributed by atoms with E-state index >= 15 is 0 Å². The molecule has 2 N–H and O–H groups in total. The van der Waals surface area contributed by atoms with Crippen molar-refractivity contribution in [3.63, 3.8) is 0 Å². The molecule has 4 heteroatoms. The minimum absolute atomic E-state index is 0.594. The third kappa shape index (κ3) is 5.06. The highest BCUT2D eigenvalue weighted by atomic mass is 16.5. The van der Waals surface area contributed by atoms with Crippen molar-refractivity contribution in [2.75, 3.05) is 39.4 Å². The zero-order valence-corrected chi connectivity index (χ0v) is 14.4. The van der Waals surface area contributed by atoms with Gasteiger partial charge in [-0.15, -0.1) is 0 Å². The molecule has 22 heavy (non-hydrogen) atoms. The van der Waals surface area contributed by atoms with Gasteiger partial charge in [-0.05, 0) is 49.9 Å². The molecule has 4 nitrogen and oxygen atoms in total. The van der Waals surface area contributed by atoms with E-state index in [1.807, 2.05) is 6.92 Å². The maximum absolute atomic E-state index is 10.6. The number of morpholine rings is 1. The molecule has 1 fully saturated rings. The van der Waals surface area contributed by atoms with Gasteiger partial charge in [-0.3, -0.25) is 4.90 Å². The third-order valence-electron chi connectivity index (χ3n) is 4.44. The number of hydrogen-bond acceptors (Lipinski definition) is 4. The molecule has 124 valence electrons.